The summed E-state index contributed by atoms with van der Waals surface area (Å²) in [5.74, 6) is 0.337. The predicted octanol–water partition coefficient (Wildman–Crippen LogP) is 1.80. The quantitative estimate of drug-likeness (QED) is 0.732. The second-order valence-corrected chi connectivity index (χ2v) is 7.88. The summed E-state index contributed by atoms with van der Waals surface area (Å²) in [6.07, 6.45) is 3.74. The minimum atomic E-state index is -0.571. The zero-order valence-electron chi connectivity index (χ0n) is 14.9. The fourth-order valence-corrected chi connectivity index (χ4v) is 4.22. The zero-order valence-corrected chi connectivity index (χ0v) is 15.7. The van der Waals surface area contributed by atoms with E-state index < -0.39 is 6.04 Å². The largest absolute Gasteiger partial charge is 0.351 e. The van der Waals surface area contributed by atoms with Gasteiger partial charge in [-0.05, 0) is 43.7 Å². The predicted molar refractivity (Wildman–Crippen MR) is 102 cm³/mol. The Morgan fingerprint density at radius 2 is 1.89 bits per heavy atom. The molecule has 2 heterocycles. The molecule has 2 saturated heterocycles. The molecule has 1 aromatic carbocycles. The van der Waals surface area contributed by atoms with Crippen molar-refractivity contribution >= 4 is 35.1 Å². The van der Waals surface area contributed by atoms with Gasteiger partial charge in [-0.3, -0.25) is 9.59 Å². The molecule has 1 saturated carbocycles. The van der Waals surface area contributed by atoms with Crippen LogP contribution in [0.15, 0.2) is 24.3 Å². The Balaban J connectivity index is 1.35. The van der Waals surface area contributed by atoms with Crippen LogP contribution in [0.25, 0.3) is 0 Å². The molecule has 3 fully saturated rings. The first-order valence-corrected chi connectivity index (χ1v) is 9.83. The number of nitrogens with one attached hydrogen (secondary N) is 3. The number of para-hydroxylation sites is 1. The van der Waals surface area contributed by atoms with Gasteiger partial charge in [-0.15, -0.1) is 0 Å². The molecular weight excluding hydrogens is 368 g/mol. The maximum atomic E-state index is 12.7. The van der Waals surface area contributed by atoms with Crippen molar-refractivity contribution in [2.45, 2.75) is 50.2 Å². The van der Waals surface area contributed by atoms with E-state index in [2.05, 4.69) is 16.0 Å². The number of hydrogen-bond donors (Lipinski definition) is 3. The molecule has 0 radical (unpaired) electrons. The number of carbonyl (C=O) groups is 3. The maximum Gasteiger partial charge on any atom is 0.315 e. The molecule has 3 N–H and O–H groups in total. The van der Waals surface area contributed by atoms with Gasteiger partial charge in [0.1, 0.15) is 6.04 Å². The van der Waals surface area contributed by atoms with Crippen LogP contribution in [0.2, 0.25) is 5.02 Å². The van der Waals surface area contributed by atoms with Crippen LogP contribution in [-0.4, -0.2) is 42.5 Å². The van der Waals surface area contributed by atoms with Gasteiger partial charge >= 0.3 is 6.03 Å². The summed E-state index contributed by atoms with van der Waals surface area (Å²) in [7, 11) is 0. The molecule has 3 unspecified atom stereocenters. The molecule has 0 bridgehead atoms. The number of halogens is 1. The minimum Gasteiger partial charge on any atom is -0.351 e. The van der Waals surface area contributed by atoms with Gasteiger partial charge in [-0.1, -0.05) is 23.7 Å². The molecule has 7 nitrogen and oxygen atoms in total. The molecule has 2 aliphatic heterocycles. The number of piperidine rings is 1. The van der Waals surface area contributed by atoms with E-state index in [0.29, 0.717) is 42.4 Å². The highest BCUT2D eigenvalue weighted by Gasteiger charge is 2.41. The number of urea groups is 1. The van der Waals surface area contributed by atoms with Crippen LogP contribution in [-0.2, 0) is 9.59 Å². The molecule has 0 spiro atoms. The summed E-state index contributed by atoms with van der Waals surface area (Å²) < 4.78 is 0. The maximum absolute atomic E-state index is 12.7. The molecule has 3 atom stereocenters. The lowest BCUT2D eigenvalue weighted by Gasteiger charge is -2.33. The third-order valence-electron chi connectivity index (χ3n) is 5.54. The normalized spacial score (nSPS) is 28.0. The smallest absolute Gasteiger partial charge is 0.315 e. The van der Waals surface area contributed by atoms with E-state index in [1.807, 2.05) is 12.1 Å². The molecule has 144 valence electrons. The standard InChI is InChI=1S/C19H23ClN4O3/c20-12-3-1-2-4-15(12)24-10-9-14(18(24)26)22-19(27)21-13-7-8-16(25)23-17(13)11-5-6-11/h1-4,11,13-14,17H,5-10H2,(H,23,25)(H2,21,22,27). The average molecular weight is 391 g/mol. The molecule has 1 aliphatic carbocycles. The van der Waals surface area contributed by atoms with Gasteiger partial charge in [-0.2, -0.15) is 0 Å². The lowest BCUT2D eigenvalue weighted by Crippen LogP contribution is -2.59. The van der Waals surface area contributed by atoms with Crippen molar-refractivity contribution in [3.05, 3.63) is 29.3 Å². The van der Waals surface area contributed by atoms with E-state index in [9.17, 15) is 14.4 Å². The monoisotopic (exact) mass is 390 g/mol. The van der Waals surface area contributed by atoms with Gasteiger partial charge in [0.25, 0.3) is 0 Å². The number of nitrogens with zero attached hydrogens (tertiary/aromatic N) is 1. The Bertz CT molecular complexity index is 767. The summed E-state index contributed by atoms with van der Waals surface area (Å²) in [6.45, 7) is 0.512. The second kappa shape index (κ2) is 7.38. The van der Waals surface area contributed by atoms with Crippen LogP contribution in [0.5, 0.6) is 0 Å². The number of hydrogen-bond acceptors (Lipinski definition) is 3. The first-order chi connectivity index (χ1) is 13.0. The minimum absolute atomic E-state index is 0.00379. The Hall–Kier alpha value is -2.28. The van der Waals surface area contributed by atoms with Crippen LogP contribution in [0.4, 0.5) is 10.5 Å². The fourth-order valence-electron chi connectivity index (χ4n) is 3.98. The van der Waals surface area contributed by atoms with Crippen molar-refractivity contribution in [1.82, 2.24) is 16.0 Å². The first-order valence-electron chi connectivity index (χ1n) is 9.45. The van der Waals surface area contributed by atoms with Crippen LogP contribution < -0.4 is 20.9 Å². The topological polar surface area (TPSA) is 90.5 Å². The van der Waals surface area contributed by atoms with Crippen LogP contribution in [0.1, 0.15) is 32.1 Å². The lowest BCUT2D eigenvalue weighted by atomic mass is 9.94. The zero-order chi connectivity index (χ0) is 19.0. The Morgan fingerprint density at radius 1 is 1.11 bits per heavy atom. The van der Waals surface area contributed by atoms with E-state index in [0.717, 1.165) is 12.8 Å². The van der Waals surface area contributed by atoms with Crippen molar-refractivity contribution in [2.24, 2.45) is 5.92 Å². The number of carbonyl (C=O) groups excluding carboxylic acids is 3. The van der Waals surface area contributed by atoms with Crippen LogP contribution in [0, 0.1) is 5.92 Å². The summed E-state index contributed by atoms with van der Waals surface area (Å²) in [5.41, 5.74) is 0.665. The van der Waals surface area contributed by atoms with Gasteiger partial charge in [0, 0.05) is 13.0 Å². The molecule has 4 rings (SSSR count). The van der Waals surface area contributed by atoms with Gasteiger partial charge in [0.15, 0.2) is 0 Å². The van der Waals surface area contributed by atoms with E-state index in [4.69, 9.17) is 11.6 Å². The highest BCUT2D eigenvalue weighted by atomic mass is 35.5. The van der Waals surface area contributed by atoms with Gasteiger partial charge in [0.2, 0.25) is 11.8 Å². The molecule has 0 aromatic heterocycles. The van der Waals surface area contributed by atoms with Crippen molar-refractivity contribution in [2.75, 3.05) is 11.4 Å². The van der Waals surface area contributed by atoms with Gasteiger partial charge < -0.3 is 20.9 Å². The van der Waals surface area contributed by atoms with Crippen molar-refractivity contribution in [1.29, 1.82) is 0 Å². The second-order valence-electron chi connectivity index (χ2n) is 7.48. The number of anilines is 1. The van der Waals surface area contributed by atoms with E-state index in [1.165, 1.54) is 0 Å². The van der Waals surface area contributed by atoms with Crippen molar-refractivity contribution in [3.8, 4) is 0 Å². The fraction of sp³-hybridized carbons (Fsp3) is 0.526. The summed E-state index contributed by atoms with van der Waals surface area (Å²) >= 11 is 6.19. The molecular formula is C19H23ClN4O3. The van der Waals surface area contributed by atoms with E-state index >= 15 is 0 Å². The third-order valence-corrected chi connectivity index (χ3v) is 5.86. The summed E-state index contributed by atoms with van der Waals surface area (Å²) in [5, 5.41) is 9.27. The molecule has 4 amide bonds. The summed E-state index contributed by atoms with van der Waals surface area (Å²) in [4.78, 5) is 38.4. The van der Waals surface area contributed by atoms with Crippen LogP contribution >= 0.6 is 11.6 Å². The van der Waals surface area contributed by atoms with Gasteiger partial charge in [-0.25, -0.2) is 4.79 Å². The highest BCUT2D eigenvalue weighted by molar-refractivity contribution is 6.34. The lowest BCUT2D eigenvalue weighted by molar-refractivity contribution is -0.124. The number of benzene rings is 1. The van der Waals surface area contributed by atoms with Gasteiger partial charge in [0.05, 0.1) is 22.8 Å². The number of amides is 4. The average Bonchev–Trinajstić information content (AvgIpc) is 3.43. The Kier molecular flexibility index (Phi) is 4.95. The van der Waals surface area contributed by atoms with E-state index in [1.54, 1.807) is 17.0 Å². The molecule has 27 heavy (non-hydrogen) atoms. The summed E-state index contributed by atoms with van der Waals surface area (Å²) in [6, 6.07) is 6.16. The van der Waals surface area contributed by atoms with Crippen molar-refractivity contribution in [3.63, 3.8) is 0 Å². The van der Waals surface area contributed by atoms with Crippen molar-refractivity contribution < 1.29 is 14.4 Å². The highest BCUT2D eigenvalue weighted by Crippen LogP contribution is 2.36. The Labute approximate surface area is 162 Å². The third kappa shape index (κ3) is 3.88. The molecule has 1 aromatic rings. The molecule has 3 aliphatic rings. The number of rotatable bonds is 4. The Morgan fingerprint density at radius 3 is 2.63 bits per heavy atom. The molecule has 8 heteroatoms. The first kappa shape index (κ1) is 18.1. The van der Waals surface area contributed by atoms with Crippen LogP contribution in [0.3, 0.4) is 0 Å². The SMILES string of the molecule is O=C1CCC(NC(=O)NC2CCN(c3ccccc3Cl)C2=O)C(C2CC2)N1. The van der Waals surface area contributed by atoms with E-state index in [-0.39, 0.29) is 29.9 Å².